The van der Waals surface area contributed by atoms with Crippen molar-refractivity contribution in [2.24, 2.45) is 5.73 Å². The van der Waals surface area contributed by atoms with Crippen molar-refractivity contribution in [2.45, 2.75) is 18.9 Å². The van der Waals surface area contributed by atoms with Crippen molar-refractivity contribution in [3.63, 3.8) is 0 Å². The molecule has 0 bridgehead atoms. The Hall–Kier alpha value is -1.61. The molecule has 2 N–H and O–H groups in total. The highest BCUT2D eigenvalue weighted by Crippen LogP contribution is 2.31. The van der Waals surface area contributed by atoms with Gasteiger partial charge in [-0.05, 0) is 31.0 Å². The molecule has 0 radical (unpaired) electrons. The fourth-order valence-electron chi connectivity index (χ4n) is 2.22. The Bertz CT molecular complexity index is 520. The number of para-hydroxylation sites is 1. The van der Waals surface area contributed by atoms with Gasteiger partial charge in [-0.25, -0.2) is 4.98 Å². The molecule has 1 aromatic heterocycles. The number of rotatable bonds is 4. The molecule has 1 saturated carbocycles. The van der Waals surface area contributed by atoms with Gasteiger partial charge in [0.1, 0.15) is 5.82 Å². The molecule has 1 heterocycles. The molecule has 0 unspecified atom stereocenters. The molecule has 3 heteroatoms. The molecule has 1 aliphatic carbocycles. The maximum Gasteiger partial charge on any atom is 0.129 e. The van der Waals surface area contributed by atoms with E-state index in [1.807, 2.05) is 12.1 Å². The molecule has 3 nitrogen and oxygen atoms in total. The Morgan fingerprint density at radius 2 is 2.00 bits per heavy atom. The van der Waals surface area contributed by atoms with Crippen molar-refractivity contribution in [2.75, 3.05) is 18.0 Å². The summed E-state index contributed by atoms with van der Waals surface area (Å²) in [5.41, 5.74) is 6.74. The third-order valence-corrected chi connectivity index (χ3v) is 3.24. The van der Waals surface area contributed by atoms with Crippen LogP contribution in [0.2, 0.25) is 0 Å². The van der Waals surface area contributed by atoms with E-state index in [2.05, 4.69) is 29.2 Å². The summed E-state index contributed by atoms with van der Waals surface area (Å²) in [4.78, 5) is 7.07. The van der Waals surface area contributed by atoms with Crippen molar-refractivity contribution in [1.29, 1.82) is 0 Å². The first-order valence-electron chi connectivity index (χ1n) is 6.21. The highest BCUT2D eigenvalue weighted by atomic mass is 15.2. The van der Waals surface area contributed by atoms with Crippen LogP contribution in [0.15, 0.2) is 36.4 Å². The lowest BCUT2D eigenvalue weighted by Crippen LogP contribution is -2.32. The van der Waals surface area contributed by atoms with E-state index in [0.717, 1.165) is 17.9 Å². The Morgan fingerprint density at radius 1 is 1.18 bits per heavy atom. The van der Waals surface area contributed by atoms with Gasteiger partial charge in [-0.2, -0.15) is 0 Å². The molecule has 0 saturated heterocycles. The van der Waals surface area contributed by atoms with Gasteiger partial charge in [-0.3, -0.25) is 0 Å². The van der Waals surface area contributed by atoms with Crippen LogP contribution >= 0.6 is 0 Å². The molecule has 1 aliphatic rings. The summed E-state index contributed by atoms with van der Waals surface area (Å²) in [6.07, 6.45) is 2.54. The molecule has 3 rings (SSSR count). The second kappa shape index (κ2) is 4.34. The van der Waals surface area contributed by atoms with Crippen LogP contribution in [0.4, 0.5) is 5.82 Å². The van der Waals surface area contributed by atoms with Crippen LogP contribution in [0.3, 0.4) is 0 Å². The van der Waals surface area contributed by atoms with Gasteiger partial charge in [0.2, 0.25) is 0 Å². The number of anilines is 1. The van der Waals surface area contributed by atoms with Crippen LogP contribution in [0.5, 0.6) is 0 Å². The third kappa shape index (κ3) is 2.11. The Morgan fingerprint density at radius 3 is 2.76 bits per heavy atom. The molecule has 0 spiro atoms. The second-order valence-corrected chi connectivity index (χ2v) is 4.58. The lowest BCUT2D eigenvalue weighted by Gasteiger charge is -2.22. The molecule has 0 atom stereocenters. The highest BCUT2D eigenvalue weighted by Gasteiger charge is 2.29. The van der Waals surface area contributed by atoms with E-state index in [1.165, 1.54) is 18.2 Å². The fraction of sp³-hybridized carbons (Fsp3) is 0.357. The van der Waals surface area contributed by atoms with Crippen molar-refractivity contribution in [1.82, 2.24) is 4.98 Å². The van der Waals surface area contributed by atoms with Gasteiger partial charge in [0.15, 0.2) is 0 Å². The van der Waals surface area contributed by atoms with Crippen LogP contribution in [-0.4, -0.2) is 24.1 Å². The van der Waals surface area contributed by atoms with Crippen LogP contribution in [0, 0.1) is 0 Å². The summed E-state index contributed by atoms with van der Waals surface area (Å²) < 4.78 is 0. The number of hydrogen-bond donors (Lipinski definition) is 1. The van der Waals surface area contributed by atoms with Gasteiger partial charge in [0.25, 0.3) is 0 Å². The summed E-state index contributed by atoms with van der Waals surface area (Å²) in [5.74, 6) is 1.07. The first kappa shape index (κ1) is 10.5. The summed E-state index contributed by atoms with van der Waals surface area (Å²) in [7, 11) is 0. The van der Waals surface area contributed by atoms with Crippen molar-refractivity contribution < 1.29 is 0 Å². The zero-order valence-electron chi connectivity index (χ0n) is 9.84. The van der Waals surface area contributed by atoms with Crippen molar-refractivity contribution >= 4 is 16.7 Å². The molecule has 1 fully saturated rings. The molecule has 0 amide bonds. The predicted octanol–water partition coefficient (Wildman–Crippen LogP) is 2.16. The molecule has 17 heavy (non-hydrogen) atoms. The predicted molar refractivity (Wildman–Crippen MR) is 71.2 cm³/mol. The maximum absolute atomic E-state index is 5.68. The molecule has 0 aliphatic heterocycles. The Kier molecular flexibility index (Phi) is 2.69. The van der Waals surface area contributed by atoms with Gasteiger partial charge in [0.05, 0.1) is 5.52 Å². The minimum Gasteiger partial charge on any atom is -0.352 e. The first-order valence-corrected chi connectivity index (χ1v) is 6.21. The lowest BCUT2D eigenvalue weighted by atomic mass is 10.2. The van der Waals surface area contributed by atoms with Gasteiger partial charge < -0.3 is 10.6 Å². The van der Waals surface area contributed by atoms with Crippen LogP contribution in [0.1, 0.15) is 12.8 Å². The van der Waals surface area contributed by atoms with E-state index in [-0.39, 0.29) is 0 Å². The topological polar surface area (TPSA) is 42.1 Å². The van der Waals surface area contributed by atoms with E-state index in [0.29, 0.717) is 12.6 Å². The lowest BCUT2D eigenvalue weighted by molar-refractivity contribution is 0.773. The number of pyridine rings is 1. The SMILES string of the molecule is NCCN(c1ccc2ccccc2n1)C1CC1. The largest absolute Gasteiger partial charge is 0.352 e. The number of benzene rings is 1. The van der Waals surface area contributed by atoms with E-state index >= 15 is 0 Å². The molecule has 88 valence electrons. The minimum atomic E-state index is 0.659. The van der Waals surface area contributed by atoms with E-state index in [9.17, 15) is 0 Å². The summed E-state index contributed by atoms with van der Waals surface area (Å²) in [5, 5.41) is 1.19. The van der Waals surface area contributed by atoms with Crippen molar-refractivity contribution in [3.05, 3.63) is 36.4 Å². The number of nitrogens with zero attached hydrogens (tertiary/aromatic N) is 2. The average Bonchev–Trinajstić information content (AvgIpc) is 3.20. The maximum atomic E-state index is 5.68. The number of nitrogens with two attached hydrogens (primary N) is 1. The smallest absolute Gasteiger partial charge is 0.129 e. The average molecular weight is 227 g/mol. The summed E-state index contributed by atoms with van der Waals surface area (Å²) >= 11 is 0. The number of fused-ring (bicyclic) bond motifs is 1. The van der Waals surface area contributed by atoms with Gasteiger partial charge in [-0.1, -0.05) is 18.2 Å². The van der Waals surface area contributed by atoms with Gasteiger partial charge >= 0.3 is 0 Å². The minimum absolute atomic E-state index is 0.659. The normalized spacial score (nSPS) is 15.1. The zero-order valence-corrected chi connectivity index (χ0v) is 9.84. The zero-order chi connectivity index (χ0) is 11.7. The Labute approximate surface area is 101 Å². The van der Waals surface area contributed by atoms with E-state index in [4.69, 9.17) is 10.7 Å². The van der Waals surface area contributed by atoms with Crippen LogP contribution < -0.4 is 10.6 Å². The van der Waals surface area contributed by atoms with Gasteiger partial charge in [-0.15, -0.1) is 0 Å². The highest BCUT2D eigenvalue weighted by molar-refractivity contribution is 5.80. The number of aromatic nitrogens is 1. The van der Waals surface area contributed by atoms with E-state index in [1.54, 1.807) is 0 Å². The monoisotopic (exact) mass is 227 g/mol. The standard InChI is InChI=1S/C14H17N3/c15-9-10-17(12-6-7-12)14-8-5-11-3-1-2-4-13(11)16-14/h1-5,8,12H,6-7,9-10,15H2. The molecule has 1 aromatic carbocycles. The van der Waals surface area contributed by atoms with Crippen molar-refractivity contribution in [3.8, 4) is 0 Å². The number of hydrogen-bond acceptors (Lipinski definition) is 3. The molecular weight excluding hydrogens is 210 g/mol. The first-order chi connectivity index (χ1) is 8.38. The molecular formula is C14H17N3. The third-order valence-electron chi connectivity index (χ3n) is 3.24. The second-order valence-electron chi connectivity index (χ2n) is 4.58. The van der Waals surface area contributed by atoms with E-state index < -0.39 is 0 Å². The quantitative estimate of drug-likeness (QED) is 0.870. The van der Waals surface area contributed by atoms with Gasteiger partial charge in [0, 0.05) is 24.5 Å². The fourth-order valence-corrected chi connectivity index (χ4v) is 2.22. The summed E-state index contributed by atoms with van der Waals surface area (Å²) in [6.45, 7) is 1.58. The van der Waals surface area contributed by atoms with Crippen LogP contribution in [0.25, 0.3) is 10.9 Å². The summed E-state index contributed by atoms with van der Waals surface area (Å²) in [6, 6.07) is 13.1. The molecule has 2 aromatic rings. The Balaban J connectivity index is 1.97. The van der Waals surface area contributed by atoms with Crippen LogP contribution in [-0.2, 0) is 0 Å².